The molecule has 2 aromatic carbocycles. The molecule has 26 heavy (non-hydrogen) atoms. The molecule has 0 atom stereocenters. The van der Waals surface area contributed by atoms with E-state index in [1.807, 2.05) is 13.8 Å². The second kappa shape index (κ2) is 7.97. The van der Waals surface area contributed by atoms with Crippen molar-refractivity contribution in [3.05, 3.63) is 68.8 Å². The Hall–Kier alpha value is -2.93. The van der Waals surface area contributed by atoms with Crippen LogP contribution in [0.4, 0.5) is 11.4 Å². The highest BCUT2D eigenvalue weighted by Gasteiger charge is 2.30. The first-order valence-corrected chi connectivity index (χ1v) is 9.38. The zero-order valence-corrected chi connectivity index (χ0v) is 15.0. The van der Waals surface area contributed by atoms with Crippen LogP contribution in [0.2, 0.25) is 0 Å². The van der Waals surface area contributed by atoms with Gasteiger partial charge in [0.15, 0.2) is 0 Å². The minimum atomic E-state index is -3.64. The van der Waals surface area contributed by atoms with Gasteiger partial charge in [-0.3, -0.25) is 20.2 Å². The van der Waals surface area contributed by atoms with Crippen LogP contribution in [0.1, 0.15) is 13.8 Å². The molecule has 0 aliphatic heterocycles. The number of hydrogen-bond donors (Lipinski definition) is 0. The summed E-state index contributed by atoms with van der Waals surface area (Å²) in [6.45, 7) is 3.68. The largest absolute Gasteiger partial charge is 0.430 e. The average Bonchev–Trinajstić information content (AvgIpc) is 2.54. The van der Waals surface area contributed by atoms with Crippen LogP contribution in [0, 0.1) is 26.1 Å². The van der Waals surface area contributed by atoms with Crippen LogP contribution >= 0.6 is 7.60 Å². The molecule has 0 amide bonds. The molecule has 0 aliphatic carbocycles. The van der Waals surface area contributed by atoms with Crippen molar-refractivity contribution in [1.82, 2.24) is 0 Å². The molecule has 9 nitrogen and oxygen atoms in total. The highest BCUT2D eigenvalue weighted by molar-refractivity contribution is 7.54. The van der Waals surface area contributed by atoms with Crippen molar-refractivity contribution in [2.45, 2.75) is 13.8 Å². The molecule has 0 aliphatic rings. The maximum atomic E-state index is 13.1. The summed E-state index contributed by atoms with van der Waals surface area (Å²) in [5, 5.41) is 21.4. The average molecular weight is 380 g/mol. The summed E-state index contributed by atoms with van der Waals surface area (Å²) in [4.78, 5) is 20.3. The summed E-state index contributed by atoms with van der Waals surface area (Å²) in [5.74, 6) is 0.319. The van der Waals surface area contributed by atoms with E-state index < -0.39 is 17.4 Å². The molecule has 2 rings (SSSR count). The molecule has 2 aromatic rings. The van der Waals surface area contributed by atoms with Gasteiger partial charge in [-0.15, -0.1) is 0 Å². The number of hydrogen-bond acceptors (Lipinski definition) is 7. The number of benzene rings is 2. The Balaban J connectivity index is 2.22. The van der Waals surface area contributed by atoms with Crippen molar-refractivity contribution >= 4 is 19.0 Å². The first kappa shape index (κ1) is 19.4. The second-order valence-corrected chi connectivity index (χ2v) is 7.82. The first-order valence-electron chi connectivity index (χ1n) is 7.66. The number of rotatable bonds is 8. The zero-order chi connectivity index (χ0) is 19.3. The predicted octanol–water partition coefficient (Wildman–Crippen LogP) is 4.81. The molecule has 0 unspecified atom stereocenters. The summed E-state index contributed by atoms with van der Waals surface area (Å²) in [5.41, 5.74) is -0.236. The van der Waals surface area contributed by atoms with E-state index >= 15 is 0 Å². The van der Waals surface area contributed by atoms with Crippen molar-refractivity contribution in [2.75, 3.05) is 6.16 Å². The van der Waals surface area contributed by atoms with E-state index in [4.69, 9.17) is 9.05 Å². The third kappa shape index (κ3) is 5.29. The van der Waals surface area contributed by atoms with E-state index in [0.717, 1.165) is 0 Å². The van der Waals surface area contributed by atoms with E-state index in [-0.39, 0.29) is 35.0 Å². The Labute approximate surface area is 149 Å². The lowest BCUT2D eigenvalue weighted by molar-refractivity contribution is -0.385. The van der Waals surface area contributed by atoms with Gasteiger partial charge >= 0.3 is 7.60 Å². The molecular weight excluding hydrogens is 363 g/mol. The summed E-state index contributed by atoms with van der Waals surface area (Å²) < 4.78 is 24.1. The van der Waals surface area contributed by atoms with Crippen molar-refractivity contribution in [1.29, 1.82) is 0 Å². The summed E-state index contributed by atoms with van der Waals surface area (Å²) >= 11 is 0. The van der Waals surface area contributed by atoms with Crippen molar-refractivity contribution in [2.24, 2.45) is 5.92 Å². The summed E-state index contributed by atoms with van der Waals surface area (Å²) in [6, 6.07) is 10.3. The quantitative estimate of drug-likeness (QED) is 0.366. The van der Waals surface area contributed by atoms with E-state index in [1.165, 1.54) is 48.5 Å². The van der Waals surface area contributed by atoms with Crippen LogP contribution in [0.15, 0.2) is 48.5 Å². The highest BCUT2D eigenvalue weighted by atomic mass is 31.2. The van der Waals surface area contributed by atoms with Gasteiger partial charge in [0.25, 0.3) is 11.4 Å². The smallest absolute Gasteiger partial charge is 0.416 e. The summed E-state index contributed by atoms with van der Waals surface area (Å²) in [7, 11) is -3.64. The standard InChI is InChI=1S/C16H17N2O7P/c1-12(2)11-26(23,24-15-7-3-13(4-8-15)17(19)20)25-16-9-5-14(6-10-16)18(21)22/h3-10,12H,11H2,1-2H3. The normalized spacial score (nSPS) is 11.2. The number of non-ortho nitro benzene ring substituents is 2. The number of nitro groups is 2. The lowest BCUT2D eigenvalue weighted by Gasteiger charge is -2.21. The van der Waals surface area contributed by atoms with Crippen LogP contribution in [0.5, 0.6) is 11.5 Å². The molecule has 138 valence electrons. The molecule has 0 N–H and O–H groups in total. The van der Waals surface area contributed by atoms with Gasteiger partial charge in [-0.1, -0.05) is 13.8 Å². The van der Waals surface area contributed by atoms with Crippen LogP contribution in [-0.2, 0) is 4.57 Å². The minimum Gasteiger partial charge on any atom is -0.416 e. The van der Waals surface area contributed by atoms with Gasteiger partial charge in [0.1, 0.15) is 11.5 Å². The molecule has 0 saturated carbocycles. The van der Waals surface area contributed by atoms with Crippen molar-refractivity contribution in [3.63, 3.8) is 0 Å². The first-order chi connectivity index (χ1) is 12.2. The van der Waals surface area contributed by atoms with Crippen LogP contribution in [-0.4, -0.2) is 16.0 Å². The molecule has 0 saturated heterocycles. The van der Waals surface area contributed by atoms with Gasteiger partial charge in [-0.05, 0) is 30.2 Å². The Kier molecular flexibility index (Phi) is 5.94. The van der Waals surface area contributed by atoms with E-state index in [0.29, 0.717) is 0 Å². The van der Waals surface area contributed by atoms with Gasteiger partial charge in [0.2, 0.25) is 0 Å². The number of nitro benzene ring substituents is 2. The molecular formula is C16H17N2O7P. The van der Waals surface area contributed by atoms with Crippen LogP contribution in [0.3, 0.4) is 0 Å². The maximum Gasteiger partial charge on any atom is 0.430 e. The van der Waals surface area contributed by atoms with Crippen LogP contribution in [0.25, 0.3) is 0 Å². The van der Waals surface area contributed by atoms with Crippen molar-refractivity contribution < 1.29 is 23.5 Å². The fourth-order valence-electron chi connectivity index (χ4n) is 2.12. The summed E-state index contributed by atoms with van der Waals surface area (Å²) in [6.07, 6.45) is 0.0982. The van der Waals surface area contributed by atoms with E-state index in [1.54, 1.807) is 0 Å². The topological polar surface area (TPSA) is 122 Å². The molecule has 0 fully saturated rings. The maximum absolute atomic E-state index is 13.1. The van der Waals surface area contributed by atoms with E-state index in [9.17, 15) is 24.8 Å². The zero-order valence-electron chi connectivity index (χ0n) is 14.1. The molecule has 0 spiro atoms. The third-order valence-electron chi connectivity index (χ3n) is 3.17. The fraction of sp³-hybridized carbons (Fsp3) is 0.250. The Bertz CT molecular complexity index is 771. The SMILES string of the molecule is CC(C)CP(=O)(Oc1ccc([N+](=O)[O-])cc1)Oc1ccc([N+](=O)[O-])cc1. The van der Waals surface area contributed by atoms with Gasteiger partial charge in [-0.25, -0.2) is 4.57 Å². The monoisotopic (exact) mass is 380 g/mol. The second-order valence-electron chi connectivity index (χ2n) is 5.87. The van der Waals surface area contributed by atoms with Gasteiger partial charge < -0.3 is 9.05 Å². The third-order valence-corrected chi connectivity index (χ3v) is 5.33. The molecule has 0 heterocycles. The van der Waals surface area contributed by atoms with Crippen LogP contribution < -0.4 is 9.05 Å². The molecule has 0 bridgehead atoms. The Morgan fingerprint density at radius 3 is 1.46 bits per heavy atom. The van der Waals surface area contributed by atoms with E-state index in [2.05, 4.69) is 0 Å². The minimum absolute atomic E-state index is 0.0167. The van der Waals surface area contributed by atoms with Crippen molar-refractivity contribution in [3.8, 4) is 11.5 Å². The highest BCUT2D eigenvalue weighted by Crippen LogP contribution is 2.50. The predicted molar refractivity (Wildman–Crippen MR) is 94.8 cm³/mol. The molecule has 0 aromatic heterocycles. The van der Waals surface area contributed by atoms with Gasteiger partial charge in [-0.2, -0.15) is 0 Å². The van der Waals surface area contributed by atoms with Gasteiger partial charge in [0, 0.05) is 24.3 Å². The molecule has 10 heteroatoms. The van der Waals surface area contributed by atoms with Gasteiger partial charge in [0.05, 0.1) is 16.0 Å². The Morgan fingerprint density at radius 1 is 0.846 bits per heavy atom. The number of nitrogens with zero attached hydrogens (tertiary/aromatic N) is 2. The Morgan fingerprint density at radius 2 is 1.19 bits per heavy atom. The fourth-order valence-corrected chi connectivity index (χ4v) is 4.09. The molecule has 0 radical (unpaired) electrons. The lowest BCUT2D eigenvalue weighted by Crippen LogP contribution is -2.09. The lowest BCUT2D eigenvalue weighted by atomic mass is 10.3.